The van der Waals surface area contributed by atoms with Crippen molar-refractivity contribution in [2.24, 2.45) is 5.92 Å². The number of aliphatic carboxylic acids is 1. The van der Waals surface area contributed by atoms with Gasteiger partial charge in [0.05, 0.1) is 11.6 Å². The first-order chi connectivity index (χ1) is 17.0. The minimum atomic E-state index is -4.53. The van der Waals surface area contributed by atoms with Gasteiger partial charge < -0.3 is 15.2 Å². The van der Waals surface area contributed by atoms with Crippen LogP contribution in [0.5, 0.6) is 5.75 Å². The van der Waals surface area contributed by atoms with Gasteiger partial charge in [0.1, 0.15) is 12.4 Å². The van der Waals surface area contributed by atoms with Crippen LogP contribution in [0.2, 0.25) is 0 Å². The third-order valence-electron chi connectivity index (χ3n) is 5.51. The van der Waals surface area contributed by atoms with Crippen molar-refractivity contribution in [3.63, 3.8) is 0 Å². The van der Waals surface area contributed by atoms with Gasteiger partial charge in [-0.25, -0.2) is 0 Å². The van der Waals surface area contributed by atoms with E-state index in [4.69, 9.17) is 9.84 Å². The molecule has 0 fully saturated rings. The first-order valence-corrected chi connectivity index (χ1v) is 12.4. The fourth-order valence-electron chi connectivity index (χ4n) is 3.83. The van der Waals surface area contributed by atoms with Gasteiger partial charge in [0.25, 0.3) is 5.91 Å². The molecule has 0 saturated carbocycles. The minimum Gasteiger partial charge on any atom is -0.489 e. The molecule has 2 aromatic carbocycles. The van der Waals surface area contributed by atoms with Crippen molar-refractivity contribution in [3.05, 3.63) is 87.1 Å². The average molecular weight is 520 g/mol. The van der Waals surface area contributed by atoms with E-state index < -0.39 is 29.7 Å². The van der Waals surface area contributed by atoms with E-state index in [1.165, 1.54) is 5.38 Å². The van der Waals surface area contributed by atoms with Gasteiger partial charge in [0.15, 0.2) is 0 Å². The third-order valence-corrected chi connectivity index (χ3v) is 6.54. The molecule has 3 aromatic rings. The number of carbonyl (C=O) groups excluding carboxylic acids is 1. The number of carboxylic acids is 1. The van der Waals surface area contributed by atoms with Gasteiger partial charge in [-0.2, -0.15) is 13.2 Å². The maximum Gasteiger partial charge on any atom is 0.417 e. The number of halogens is 3. The molecule has 9 heteroatoms. The van der Waals surface area contributed by atoms with E-state index in [2.05, 4.69) is 5.32 Å². The number of carbonyl (C=O) groups is 2. The lowest BCUT2D eigenvalue weighted by atomic mass is 9.97. The zero-order valence-electron chi connectivity index (χ0n) is 20.0. The van der Waals surface area contributed by atoms with Crippen LogP contribution in [0, 0.1) is 5.92 Å². The summed E-state index contributed by atoms with van der Waals surface area (Å²) in [5.74, 6) is -0.892. The number of para-hydroxylation sites is 1. The summed E-state index contributed by atoms with van der Waals surface area (Å²) in [5.41, 5.74) is 0.651. The number of benzene rings is 2. The molecule has 0 bridgehead atoms. The van der Waals surface area contributed by atoms with Gasteiger partial charge in [0, 0.05) is 16.9 Å². The van der Waals surface area contributed by atoms with E-state index in [9.17, 15) is 22.8 Å². The number of aryl methyl sites for hydroxylation is 1. The maximum absolute atomic E-state index is 13.6. The Morgan fingerprint density at radius 3 is 2.44 bits per heavy atom. The number of ether oxygens (including phenoxy) is 1. The molecule has 1 amide bonds. The number of carboxylic acid groups (broad SMARTS) is 1. The largest absolute Gasteiger partial charge is 0.489 e. The second-order valence-corrected chi connectivity index (χ2v) is 9.79. The van der Waals surface area contributed by atoms with E-state index in [0.717, 1.165) is 17.4 Å². The van der Waals surface area contributed by atoms with Crippen molar-refractivity contribution in [1.29, 1.82) is 0 Å². The number of hydrogen-bond donors (Lipinski definition) is 2. The molecule has 0 aliphatic heterocycles. The van der Waals surface area contributed by atoms with Gasteiger partial charge >= 0.3 is 12.1 Å². The Hall–Kier alpha value is -3.33. The van der Waals surface area contributed by atoms with Crippen LogP contribution in [0.3, 0.4) is 0 Å². The zero-order valence-corrected chi connectivity index (χ0v) is 20.8. The molecule has 0 spiro atoms. The van der Waals surface area contributed by atoms with E-state index in [1.807, 2.05) is 32.0 Å². The van der Waals surface area contributed by atoms with E-state index >= 15 is 0 Å². The molecule has 36 heavy (non-hydrogen) atoms. The lowest BCUT2D eigenvalue weighted by Crippen LogP contribution is -2.31. The van der Waals surface area contributed by atoms with Crippen molar-refractivity contribution in [2.75, 3.05) is 0 Å². The predicted molar refractivity (Wildman–Crippen MR) is 132 cm³/mol. The molecule has 3 rings (SSSR count). The van der Waals surface area contributed by atoms with Crippen molar-refractivity contribution in [1.82, 2.24) is 5.32 Å². The summed E-state index contributed by atoms with van der Waals surface area (Å²) in [5, 5.41) is 13.3. The molecule has 192 valence electrons. The van der Waals surface area contributed by atoms with E-state index in [-0.39, 0.29) is 35.8 Å². The van der Waals surface area contributed by atoms with Gasteiger partial charge in [-0.15, -0.1) is 11.3 Å². The molecule has 0 aliphatic carbocycles. The standard InChI is InChI=1S/C27H28F3NO4S/c1-17(2)14-23(25-22(12-13-36-25)27(28,29)30)31-26(34)21-15-18(8-9-19(21)10-11-24(32)33)16-35-20-6-4-3-5-7-20/h3-9,12-13,15,17,23H,10-11,14,16H2,1-2H3,(H,31,34)(H,32,33). The SMILES string of the molecule is CC(C)CC(NC(=O)c1cc(COc2ccccc2)ccc1CCC(=O)O)c1sccc1C(F)(F)F. The van der Waals surface area contributed by atoms with Crippen LogP contribution in [-0.2, 0) is 24.0 Å². The number of thiophene rings is 1. The monoisotopic (exact) mass is 519 g/mol. The Balaban J connectivity index is 1.90. The maximum atomic E-state index is 13.6. The summed E-state index contributed by atoms with van der Waals surface area (Å²) >= 11 is 0.959. The second-order valence-electron chi connectivity index (χ2n) is 8.84. The average Bonchev–Trinajstić information content (AvgIpc) is 3.32. The van der Waals surface area contributed by atoms with E-state index in [1.54, 1.807) is 30.3 Å². The Morgan fingerprint density at radius 2 is 1.81 bits per heavy atom. The molecule has 0 saturated heterocycles. The van der Waals surface area contributed by atoms with E-state index in [0.29, 0.717) is 23.3 Å². The zero-order chi connectivity index (χ0) is 26.3. The summed E-state index contributed by atoms with van der Waals surface area (Å²) in [7, 11) is 0. The Labute approximate surface area is 211 Å². The highest BCUT2D eigenvalue weighted by atomic mass is 32.1. The number of alkyl halides is 3. The molecule has 1 heterocycles. The summed E-state index contributed by atoms with van der Waals surface area (Å²) < 4.78 is 46.5. The summed E-state index contributed by atoms with van der Waals surface area (Å²) in [6.45, 7) is 3.92. The lowest BCUT2D eigenvalue weighted by molar-refractivity contribution is -0.138. The van der Waals surface area contributed by atoms with Gasteiger partial charge in [-0.3, -0.25) is 9.59 Å². The topological polar surface area (TPSA) is 75.6 Å². The van der Waals surface area contributed by atoms with Gasteiger partial charge in [-0.1, -0.05) is 44.2 Å². The molecular weight excluding hydrogens is 491 g/mol. The molecule has 0 radical (unpaired) electrons. The number of amides is 1. The highest BCUT2D eigenvalue weighted by Crippen LogP contribution is 2.39. The highest BCUT2D eigenvalue weighted by molar-refractivity contribution is 7.10. The van der Waals surface area contributed by atoms with Crippen molar-refractivity contribution >= 4 is 23.2 Å². The first kappa shape index (κ1) is 27.3. The minimum absolute atomic E-state index is 0.0237. The van der Waals surface area contributed by atoms with Crippen LogP contribution in [0.1, 0.15) is 64.7 Å². The highest BCUT2D eigenvalue weighted by Gasteiger charge is 2.37. The van der Waals surface area contributed by atoms with Gasteiger partial charge in [0.2, 0.25) is 0 Å². The van der Waals surface area contributed by atoms with Crippen molar-refractivity contribution in [2.45, 2.75) is 51.9 Å². The predicted octanol–water partition coefficient (Wildman–Crippen LogP) is 6.88. The molecule has 5 nitrogen and oxygen atoms in total. The van der Waals surface area contributed by atoms with Crippen LogP contribution in [0.4, 0.5) is 13.2 Å². The normalized spacial score (nSPS) is 12.4. The van der Waals surface area contributed by atoms with Crippen LogP contribution in [0.25, 0.3) is 0 Å². The number of hydrogen-bond acceptors (Lipinski definition) is 4. The summed E-state index contributed by atoms with van der Waals surface area (Å²) in [4.78, 5) is 24.6. The molecule has 1 unspecified atom stereocenters. The molecule has 2 N–H and O–H groups in total. The Kier molecular flexibility index (Phi) is 9.14. The third kappa shape index (κ3) is 7.58. The van der Waals surface area contributed by atoms with Crippen molar-refractivity contribution in [3.8, 4) is 5.75 Å². The number of nitrogens with one attached hydrogen (secondary N) is 1. The summed E-state index contributed by atoms with van der Waals surface area (Å²) in [6, 6.07) is 14.3. The Bertz CT molecular complexity index is 1180. The molecular formula is C27H28F3NO4S. The van der Waals surface area contributed by atoms with Crippen LogP contribution in [-0.4, -0.2) is 17.0 Å². The van der Waals surface area contributed by atoms with Crippen LogP contribution >= 0.6 is 11.3 Å². The first-order valence-electron chi connectivity index (χ1n) is 11.5. The van der Waals surface area contributed by atoms with Crippen LogP contribution < -0.4 is 10.1 Å². The molecule has 0 aliphatic rings. The van der Waals surface area contributed by atoms with Gasteiger partial charge in [-0.05, 0) is 59.5 Å². The smallest absolute Gasteiger partial charge is 0.417 e. The second kappa shape index (κ2) is 12.1. The fourth-order valence-corrected chi connectivity index (χ4v) is 4.81. The molecule has 1 aromatic heterocycles. The quantitative estimate of drug-likeness (QED) is 0.290. The lowest BCUT2D eigenvalue weighted by Gasteiger charge is -2.23. The van der Waals surface area contributed by atoms with Crippen molar-refractivity contribution < 1.29 is 32.6 Å². The fraction of sp³-hybridized carbons (Fsp3) is 0.333. The van der Waals surface area contributed by atoms with Crippen LogP contribution in [0.15, 0.2) is 60.0 Å². The Morgan fingerprint density at radius 1 is 1.08 bits per heavy atom. The molecule has 1 atom stereocenters. The number of rotatable bonds is 11. The summed E-state index contributed by atoms with van der Waals surface area (Å²) in [6.07, 6.45) is -4.29.